The fraction of sp³-hybridized carbons (Fsp3) is 1.00. The van der Waals surface area contributed by atoms with Gasteiger partial charge in [0.1, 0.15) is 0 Å². The van der Waals surface area contributed by atoms with Gasteiger partial charge in [-0.15, -0.1) is 0 Å². The monoisotopic (exact) mass is 200 g/mol. The molecule has 0 aromatic carbocycles. The summed E-state index contributed by atoms with van der Waals surface area (Å²) in [6, 6.07) is 0.935. The van der Waals surface area contributed by atoms with E-state index in [1.54, 1.807) is 0 Å². The minimum atomic E-state index is 0.118. The average molecular weight is 200 g/mol. The Bertz CT molecular complexity index is 163. The third-order valence-electron chi connectivity index (χ3n) is 3.47. The number of nitrogens with zero attached hydrogens (tertiary/aromatic N) is 1. The summed E-state index contributed by atoms with van der Waals surface area (Å²) >= 11 is 0. The molecular weight excluding hydrogens is 176 g/mol. The third kappa shape index (κ3) is 2.47. The highest BCUT2D eigenvalue weighted by molar-refractivity contribution is 4.88. The molecule has 0 bridgehead atoms. The molecule has 3 unspecified atom stereocenters. The van der Waals surface area contributed by atoms with Crippen molar-refractivity contribution in [3.63, 3.8) is 0 Å². The smallest absolute Gasteiger partial charge is 0.0602 e. The summed E-state index contributed by atoms with van der Waals surface area (Å²) in [4.78, 5) is 2.41. The number of aliphatic hydroxyl groups is 1. The Labute approximate surface area is 87.3 Å². The van der Waals surface area contributed by atoms with Crippen LogP contribution in [0.15, 0.2) is 0 Å². The fourth-order valence-electron chi connectivity index (χ4n) is 2.49. The van der Waals surface area contributed by atoms with E-state index in [2.05, 4.69) is 18.7 Å². The molecule has 3 heteroatoms. The molecule has 0 aromatic heterocycles. The lowest BCUT2D eigenvalue weighted by Crippen LogP contribution is -2.51. The first-order valence-electron chi connectivity index (χ1n) is 5.86. The van der Waals surface area contributed by atoms with Crippen molar-refractivity contribution in [3.8, 4) is 0 Å². The van der Waals surface area contributed by atoms with Crippen LogP contribution in [-0.2, 0) is 0 Å². The predicted molar refractivity (Wildman–Crippen MR) is 59.2 cm³/mol. The van der Waals surface area contributed by atoms with Crippen molar-refractivity contribution in [2.24, 2.45) is 5.73 Å². The van der Waals surface area contributed by atoms with Crippen LogP contribution < -0.4 is 5.73 Å². The zero-order chi connectivity index (χ0) is 10.6. The molecule has 14 heavy (non-hydrogen) atoms. The Morgan fingerprint density at radius 3 is 2.71 bits per heavy atom. The Morgan fingerprint density at radius 1 is 1.50 bits per heavy atom. The van der Waals surface area contributed by atoms with E-state index in [-0.39, 0.29) is 18.7 Å². The van der Waals surface area contributed by atoms with Gasteiger partial charge in [-0.25, -0.2) is 0 Å². The topological polar surface area (TPSA) is 49.5 Å². The molecule has 3 nitrogen and oxygen atoms in total. The largest absolute Gasteiger partial charge is 0.395 e. The second-order valence-electron chi connectivity index (χ2n) is 4.26. The normalized spacial score (nSPS) is 27.9. The molecule has 0 radical (unpaired) electrons. The van der Waals surface area contributed by atoms with Crippen LogP contribution in [0, 0.1) is 0 Å². The highest BCUT2D eigenvalue weighted by atomic mass is 16.3. The molecule has 0 aliphatic carbocycles. The van der Waals surface area contributed by atoms with Gasteiger partial charge >= 0.3 is 0 Å². The number of hydrogen-bond donors (Lipinski definition) is 2. The third-order valence-corrected chi connectivity index (χ3v) is 3.47. The summed E-state index contributed by atoms with van der Waals surface area (Å²) in [6.07, 6.45) is 4.64. The van der Waals surface area contributed by atoms with Crippen molar-refractivity contribution >= 4 is 0 Å². The van der Waals surface area contributed by atoms with Crippen molar-refractivity contribution < 1.29 is 5.11 Å². The highest BCUT2D eigenvalue weighted by Crippen LogP contribution is 2.23. The molecule has 3 atom stereocenters. The Morgan fingerprint density at radius 2 is 2.21 bits per heavy atom. The van der Waals surface area contributed by atoms with Crippen LogP contribution in [-0.4, -0.2) is 41.3 Å². The maximum atomic E-state index is 9.38. The molecule has 84 valence electrons. The van der Waals surface area contributed by atoms with Crippen LogP contribution in [0.4, 0.5) is 0 Å². The van der Waals surface area contributed by atoms with Gasteiger partial charge in [-0.3, -0.25) is 4.90 Å². The van der Waals surface area contributed by atoms with Gasteiger partial charge in [0.15, 0.2) is 0 Å². The van der Waals surface area contributed by atoms with Gasteiger partial charge in [-0.05, 0) is 32.2 Å². The minimum Gasteiger partial charge on any atom is -0.395 e. The predicted octanol–water partition coefficient (Wildman–Crippen LogP) is 0.959. The van der Waals surface area contributed by atoms with Crippen LogP contribution in [0.2, 0.25) is 0 Å². The molecule has 0 saturated carbocycles. The van der Waals surface area contributed by atoms with Crippen LogP contribution in [0.1, 0.15) is 39.5 Å². The Balaban J connectivity index is 2.58. The highest BCUT2D eigenvalue weighted by Gasteiger charge is 2.31. The van der Waals surface area contributed by atoms with E-state index in [1.165, 1.54) is 19.3 Å². The van der Waals surface area contributed by atoms with Gasteiger partial charge in [0, 0.05) is 18.1 Å². The summed E-state index contributed by atoms with van der Waals surface area (Å²) in [5, 5.41) is 9.38. The van der Waals surface area contributed by atoms with E-state index in [9.17, 15) is 5.11 Å². The lowest BCUT2D eigenvalue weighted by atomic mass is 10.0. The number of rotatable bonds is 5. The van der Waals surface area contributed by atoms with Gasteiger partial charge in [0.25, 0.3) is 0 Å². The lowest BCUT2D eigenvalue weighted by Gasteiger charge is -2.34. The van der Waals surface area contributed by atoms with Crippen LogP contribution in [0.3, 0.4) is 0 Å². The minimum absolute atomic E-state index is 0.118. The first-order chi connectivity index (χ1) is 6.74. The summed E-state index contributed by atoms with van der Waals surface area (Å²) in [6.45, 7) is 5.61. The second kappa shape index (κ2) is 5.69. The number of nitrogens with two attached hydrogens (primary N) is 1. The molecule has 1 aliphatic heterocycles. The first-order valence-corrected chi connectivity index (χ1v) is 5.86. The molecule has 1 aliphatic rings. The summed E-state index contributed by atoms with van der Waals surface area (Å²) in [5.74, 6) is 0. The maximum absolute atomic E-state index is 9.38. The number of likely N-dealkylation sites (tertiary alicyclic amines) is 1. The van der Waals surface area contributed by atoms with E-state index in [0.29, 0.717) is 6.04 Å². The molecular formula is C11H24N2O. The Hall–Kier alpha value is -0.120. The quantitative estimate of drug-likeness (QED) is 0.695. The molecule has 0 spiro atoms. The SMILES string of the molecule is CCC(N)C(CO)N1CCCC1CC. The molecule has 0 amide bonds. The van der Waals surface area contributed by atoms with E-state index >= 15 is 0 Å². The standard InChI is InChI=1S/C11H24N2O/c1-3-9-6-5-7-13(9)11(8-14)10(12)4-2/h9-11,14H,3-8,12H2,1-2H3. The number of aliphatic hydroxyl groups excluding tert-OH is 1. The van der Waals surface area contributed by atoms with E-state index in [1.807, 2.05) is 0 Å². The molecule has 1 rings (SSSR count). The van der Waals surface area contributed by atoms with E-state index < -0.39 is 0 Å². The van der Waals surface area contributed by atoms with E-state index in [4.69, 9.17) is 5.73 Å². The van der Waals surface area contributed by atoms with Gasteiger partial charge in [-0.2, -0.15) is 0 Å². The fourth-order valence-corrected chi connectivity index (χ4v) is 2.49. The summed E-state index contributed by atoms with van der Waals surface area (Å²) in [7, 11) is 0. The van der Waals surface area contributed by atoms with Crippen LogP contribution in [0.25, 0.3) is 0 Å². The molecule has 3 N–H and O–H groups in total. The summed E-state index contributed by atoms with van der Waals surface area (Å²) < 4.78 is 0. The summed E-state index contributed by atoms with van der Waals surface area (Å²) in [5.41, 5.74) is 6.02. The van der Waals surface area contributed by atoms with Crippen molar-refractivity contribution in [2.75, 3.05) is 13.2 Å². The molecule has 1 heterocycles. The van der Waals surface area contributed by atoms with Gasteiger partial charge in [0.2, 0.25) is 0 Å². The van der Waals surface area contributed by atoms with Crippen molar-refractivity contribution in [2.45, 2.75) is 57.7 Å². The first kappa shape index (κ1) is 12.0. The van der Waals surface area contributed by atoms with Gasteiger partial charge in [-0.1, -0.05) is 13.8 Å². The molecule has 1 saturated heterocycles. The van der Waals surface area contributed by atoms with Crippen molar-refractivity contribution in [3.05, 3.63) is 0 Å². The zero-order valence-corrected chi connectivity index (χ0v) is 9.45. The van der Waals surface area contributed by atoms with Crippen molar-refractivity contribution in [1.29, 1.82) is 0 Å². The molecule has 0 aromatic rings. The van der Waals surface area contributed by atoms with Crippen LogP contribution in [0.5, 0.6) is 0 Å². The zero-order valence-electron chi connectivity index (χ0n) is 9.45. The average Bonchev–Trinajstić information content (AvgIpc) is 2.66. The Kier molecular flexibility index (Phi) is 4.85. The van der Waals surface area contributed by atoms with E-state index in [0.717, 1.165) is 13.0 Å². The van der Waals surface area contributed by atoms with Crippen LogP contribution >= 0.6 is 0 Å². The van der Waals surface area contributed by atoms with Crippen molar-refractivity contribution in [1.82, 2.24) is 4.90 Å². The lowest BCUT2D eigenvalue weighted by molar-refractivity contribution is 0.0908. The second-order valence-corrected chi connectivity index (χ2v) is 4.26. The van der Waals surface area contributed by atoms with Gasteiger partial charge in [0.05, 0.1) is 6.61 Å². The number of hydrogen-bond acceptors (Lipinski definition) is 3. The van der Waals surface area contributed by atoms with Gasteiger partial charge < -0.3 is 10.8 Å². The molecule has 1 fully saturated rings. The maximum Gasteiger partial charge on any atom is 0.0602 e.